The molecule has 0 atom stereocenters. The molecule has 3 nitrogen and oxygen atoms in total. The maximum absolute atomic E-state index is 11.4. The Bertz CT molecular complexity index is 394. The summed E-state index contributed by atoms with van der Waals surface area (Å²) in [5.41, 5.74) is 1.29. The van der Waals surface area contributed by atoms with Crippen LogP contribution in [0.15, 0.2) is 24.3 Å². The monoisotopic (exact) mass is 249 g/mol. The average molecular weight is 249 g/mol. The maximum Gasteiger partial charge on any atom is 0.257 e. The molecule has 0 saturated carbocycles. The first-order valence-electron chi connectivity index (χ1n) is 6.43. The van der Waals surface area contributed by atoms with Crippen molar-refractivity contribution >= 4 is 5.91 Å². The zero-order chi connectivity index (χ0) is 13.6. The molecule has 0 bridgehead atoms. The SMILES string of the molecule is CCCNC(=O)COc1cccc(C(C)(C)C)c1. The molecular formula is C15H23NO2. The second-order valence-electron chi connectivity index (χ2n) is 5.42. The van der Waals surface area contributed by atoms with Gasteiger partial charge in [0.25, 0.3) is 5.91 Å². The number of rotatable bonds is 5. The molecule has 1 aromatic carbocycles. The molecule has 1 N–H and O–H groups in total. The summed E-state index contributed by atoms with van der Waals surface area (Å²) in [6.45, 7) is 9.26. The lowest BCUT2D eigenvalue weighted by Gasteiger charge is -2.19. The van der Waals surface area contributed by atoms with E-state index in [0.717, 1.165) is 12.2 Å². The highest BCUT2D eigenvalue weighted by atomic mass is 16.5. The second-order valence-corrected chi connectivity index (χ2v) is 5.42. The largest absolute Gasteiger partial charge is 0.484 e. The van der Waals surface area contributed by atoms with Crippen molar-refractivity contribution in [3.63, 3.8) is 0 Å². The van der Waals surface area contributed by atoms with Gasteiger partial charge in [0.05, 0.1) is 0 Å². The fraction of sp³-hybridized carbons (Fsp3) is 0.533. The molecule has 1 aromatic rings. The molecule has 0 aliphatic rings. The molecule has 18 heavy (non-hydrogen) atoms. The van der Waals surface area contributed by atoms with Crippen molar-refractivity contribution in [1.82, 2.24) is 5.32 Å². The minimum absolute atomic E-state index is 0.0713. The number of benzene rings is 1. The first kappa shape index (κ1) is 14.6. The first-order valence-corrected chi connectivity index (χ1v) is 6.43. The molecule has 0 aliphatic carbocycles. The average Bonchev–Trinajstić information content (AvgIpc) is 2.33. The third kappa shape index (κ3) is 4.78. The molecular weight excluding hydrogens is 226 g/mol. The van der Waals surface area contributed by atoms with Gasteiger partial charge in [0.15, 0.2) is 6.61 Å². The van der Waals surface area contributed by atoms with Gasteiger partial charge in [-0.1, -0.05) is 39.8 Å². The Labute approximate surface area is 110 Å². The Hall–Kier alpha value is -1.51. The maximum atomic E-state index is 11.4. The number of nitrogens with one attached hydrogen (secondary N) is 1. The van der Waals surface area contributed by atoms with Crippen molar-refractivity contribution in [2.45, 2.75) is 39.5 Å². The molecule has 0 fully saturated rings. The number of ether oxygens (including phenoxy) is 1. The quantitative estimate of drug-likeness (QED) is 0.871. The molecule has 100 valence electrons. The Morgan fingerprint density at radius 1 is 1.33 bits per heavy atom. The normalized spacial score (nSPS) is 11.1. The van der Waals surface area contributed by atoms with Crippen LogP contribution in [0.25, 0.3) is 0 Å². The minimum atomic E-state index is -0.0713. The lowest BCUT2D eigenvalue weighted by Crippen LogP contribution is -2.29. The highest BCUT2D eigenvalue weighted by molar-refractivity contribution is 5.77. The number of hydrogen-bond acceptors (Lipinski definition) is 2. The summed E-state index contributed by atoms with van der Waals surface area (Å²) in [5, 5.41) is 2.78. The summed E-state index contributed by atoms with van der Waals surface area (Å²) in [4.78, 5) is 11.4. The van der Waals surface area contributed by atoms with E-state index in [1.807, 2.05) is 25.1 Å². The van der Waals surface area contributed by atoms with E-state index in [1.165, 1.54) is 5.56 Å². The molecule has 0 saturated heterocycles. The molecule has 0 radical (unpaired) electrons. The molecule has 1 rings (SSSR count). The van der Waals surface area contributed by atoms with Gasteiger partial charge in [-0.2, -0.15) is 0 Å². The van der Waals surface area contributed by atoms with Crippen LogP contribution in [-0.4, -0.2) is 19.1 Å². The zero-order valence-corrected chi connectivity index (χ0v) is 11.7. The summed E-state index contributed by atoms with van der Waals surface area (Å²) >= 11 is 0. The Kier molecular flexibility index (Phi) is 5.20. The van der Waals surface area contributed by atoms with Crippen LogP contribution in [0, 0.1) is 0 Å². The molecule has 3 heteroatoms. The molecule has 0 aliphatic heterocycles. The molecule has 1 amide bonds. The molecule has 0 aromatic heterocycles. The van der Waals surface area contributed by atoms with Crippen molar-refractivity contribution in [1.29, 1.82) is 0 Å². The highest BCUT2D eigenvalue weighted by Crippen LogP contribution is 2.25. The zero-order valence-electron chi connectivity index (χ0n) is 11.7. The second kappa shape index (κ2) is 6.43. The van der Waals surface area contributed by atoms with Gasteiger partial charge < -0.3 is 10.1 Å². The van der Waals surface area contributed by atoms with Crippen molar-refractivity contribution in [3.05, 3.63) is 29.8 Å². The minimum Gasteiger partial charge on any atom is -0.484 e. The van der Waals surface area contributed by atoms with E-state index >= 15 is 0 Å². The van der Waals surface area contributed by atoms with Crippen molar-refractivity contribution in [2.75, 3.05) is 13.2 Å². The van der Waals surface area contributed by atoms with Crippen LogP contribution in [-0.2, 0) is 10.2 Å². The van der Waals surface area contributed by atoms with Gasteiger partial charge in [-0.25, -0.2) is 0 Å². The van der Waals surface area contributed by atoms with Gasteiger partial charge in [-0.3, -0.25) is 4.79 Å². The predicted molar refractivity (Wildman–Crippen MR) is 73.9 cm³/mol. The van der Waals surface area contributed by atoms with E-state index in [-0.39, 0.29) is 17.9 Å². The summed E-state index contributed by atoms with van der Waals surface area (Å²) < 4.78 is 5.49. The van der Waals surface area contributed by atoms with Gasteiger partial charge in [-0.05, 0) is 29.5 Å². The fourth-order valence-corrected chi connectivity index (χ4v) is 1.52. The van der Waals surface area contributed by atoms with Gasteiger partial charge in [-0.15, -0.1) is 0 Å². The van der Waals surface area contributed by atoms with Crippen LogP contribution in [0.4, 0.5) is 0 Å². The van der Waals surface area contributed by atoms with Crippen molar-refractivity contribution < 1.29 is 9.53 Å². The van der Waals surface area contributed by atoms with Crippen LogP contribution < -0.4 is 10.1 Å². The lowest BCUT2D eigenvalue weighted by molar-refractivity contribution is -0.123. The van der Waals surface area contributed by atoms with E-state index < -0.39 is 0 Å². The lowest BCUT2D eigenvalue weighted by atomic mass is 9.87. The first-order chi connectivity index (χ1) is 8.43. The van der Waals surface area contributed by atoms with Crippen LogP contribution in [0.2, 0.25) is 0 Å². The van der Waals surface area contributed by atoms with Gasteiger partial charge in [0.1, 0.15) is 5.75 Å². The van der Waals surface area contributed by atoms with Crippen molar-refractivity contribution in [2.24, 2.45) is 0 Å². The van der Waals surface area contributed by atoms with Crippen LogP contribution in [0.5, 0.6) is 5.75 Å². The topological polar surface area (TPSA) is 38.3 Å². The standard InChI is InChI=1S/C15H23NO2/c1-5-9-16-14(17)11-18-13-8-6-7-12(10-13)15(2,3)4/h6-8,10H,5,9,11H2,1-4H3,(H,16,17). The van der Waals surface area contributed by atoms with E-state index in [1.54, 1.807) is 0 Å². The summed E-state index contributed by atoms with van der Waals surface area (Å²) in [7, 11) is 0. The van der Waals surface area contributed by atoms with Gasteiger partial charge in [0, 0.05) is 6.54 Å². The van der Waals surface area contributed by atoms with E-state index in [9.17, 15) is 4.79 Å². The van der Waals surface area contributed by atoms with Crippen LogP contribution in [0.3, 0.4) is 0 Å². The third-order valence-electron chi connectivity index (χ3n) is 2.64. The van der Waals surface area contributed by atoms with E-state index in [2.05, 4.69) is 32.2 Å². The van der Waals surface area contributed by atoms with E-state index in [0.29, 0.717) is 6.54 Å². The number of carbonyl (C=O) groups is 1. The molecule has 0 spiro atoms. The Balaban J connectivity index is 2.55. The number of carbonyl (C=O) groups excluding carboxylic acids is 1. The van der Waals surface area contributed by atoms with Crippen LogP contribution in [0.1, 0.15) is 39.7 Å². The fourth-order valence-electron chi connectivity index (χ4n) is 1.52. The Morgan fingerprint density at radius 3 is 2.67 bits per heavy atom. The molecule has 0 heterocycles. The third-order valence-corrected chi connectivity index (χ3v) is 2.64. The number of hydrogen-bond donors (Lipinski definition) is 1. The van der Waals surface area contributed by atoms with Gasteiger partial charge in [0.2, 0.25) is 0 Å². The summed E-state index contributed by atoms with van der Waals surface area (Å²) in [6.07, 6.45) is 0.936. The smallest absolute Gasteiger partial charge is 0.257 e. The predicted octanol–water partition coefficient (Wildman–Crippen LogP) is 2.89. The van der Waals surface area contributed by atoms with Crippen molar-refractivity contribution in [3.8, 4) is 5.75 Å². The van der Waals surface area contributed by atoms with Crippen LogP contribution >= 0.6 is 0 Å². The Morgan fingerprint density at radius 2 is 2.06 bits per heavy atom. The number of amides is 1. The highest BCUT2D eigenvalue weighted by Gasteiger charge is 2.14. The van der Waals surface area contributed by atoms with E-state index in [4.69, 9.17) is 4.74 Å². The summed E-state index contributed by atoms with van der Waals surface area (Å²) in [6, 6.07) is 7.90. The molecule has 0 unspecified atom stereocenters. The summed E-state index contributed by atoms with van der Waals surface area (Å²) in [5.74, 6) is 0.673. The van der Waals surface area contributed by atoms with Gasteiger partial charge >= 0.3 is 0 Å².